The van der Waals surface area contributed by atoms with Crippen LogP contribution in [0.25, 0.3) is 0 Å². The van der Waals surface area contributed by atoms with Crippen LogP contribution in [0.2, 0.25) is 0 Å². The Kier molecular flexibility index (Phi) is 60.0. The Labute approximate surface area is 479 Å². The third-order valence-corrected chi connectivity index (χ3v) is 12.4. The van der Waals surface area contributed by atoms with Gasteiger partial charge in [-0.15, -0.1) is 0 Å². The lowest BCUT2D eigenvalue weighted by atomic mass is 10.1. The lowest BCUT2D eigenvalue weighted by Crippen LogP contribution is -2.30. The number of hydrogen-bond acceptors (Lipinski definition) is 6. The Morgan fingerprint density at radius 3 is 0.846 bits per heavy atom. The van der Waals surface area contributed by atoms with Gasteiger partial charge in [0.05, 0.1) is 0 Å². The molecule has 0 aliphatic rings. The molecule has 78 heavy (non-hydrogen) atoms. The van der Waals surface area contributed by atoms with Crippen molar-refractivity contribution in [1.29, 1.82) is 0 Å². The molecular weight excluding hydrogens is 961 g/mol. The molecule has 0 bridgehead atoms. The van der Waals surface area contributed by atoms with Crippen molar-refractivity contribution in [3.63, 3.8) is 0 Å². The molecule has 0 aromatic rings. The minimum Gasteiger partial charge on any atom is -0.462 e. The number of hydrogen-bond donors (Lipinski definition) is 0. The molecule has 0 fully saturated rings. The topological polar surface area (TPSA) is 78.9 Å². The van der Waals surface area contributed by atoms with Crippen LogP contribution in [0.3, 0.4) is 0 Å². The van der Waals surface area contributed by atoms with Crippen LogP contribution in [0.5, 0.6) is 0 Å². The Morgan fingerprint density at radius 2 is 0.526 bits per heavy atom. The van der Waals surface area contributed by atoms with Gasteiger partial charge in [-0.1, -0.05) is 255 Å². The minimum atomic E-state index is -0.836. The second kappa shape index (κ2) is 64.3. The first-order valence-corrected chi connectivity index (χ1v) is 31.1. The van der Waals surface area contributed by atoms with Crippen molar-refractivity contribution in [3.05, 3.63) is 170 Å². The molecule has 0 saturated carbocycles. The molecule has 436 valence electrons. The monoisotopic (exact) mass is 1070 g/mol. The van der Waals surface area contributed by atoms with Crippen LogP contribution in [-0.4, -0.2) is 37.2 Å². The summed E-state index contributed by atoms with van der Waals surface area (Å²) in [6.45, 7) is 6.29. The van der Waals surface area contributed by atoms with Crippen LogP contribution in [-0.2, 0) is 28.6 Å². The first-order valence-electron chi connectivity index (χ1n) is 31.1. The molecule has 0 aliphatic heterocycles. The smallest absolute Gasteiger partial charge is 0.306 e. The van der Waals surface area contributed by atoms with E-state index in [1.54, 1.807) is 0 Å². The standard InChI is InChI=1S/C72H112O6/c1-4-7-10-13-16-19-22-25-27-29-31-32-33-34-35-36-37-38-39-40-42-43-45-47-50-53-56-59-62-65-71(74)77-68-69(67-76-70(73)64-61-58-55-52-49-24-21-18-15-12-9-6-3)78-72(75)66-63-60-57-54-51-48-46-44-41-30-28-26-23-20-17-14-11-8-5-2/h7-8,10-11,16-21,25-28,31-32,34-35,37-38,40-42,44,48,51,57,60,69H,4-6,9,12-15,22-24,29-30,33,36,39,43,45-47,49-50,52-56,58-59,61-68H2,1-3H3/b10-7-,11-8-,19-16-,20-17-,21-18-,27-25-,28-26-,32-31-,35-34-,38-37-,42-40-,44-41-,51-48-,60-57-. The maximum absolute atomic E-state index is 12.8. The lowest BCUT2D eigenvalue weighted by Gasteiger charge is -2.18. The van der Waals surface area contributed by atoms with E-state index in [2.05, 4.69) is 179 Å². The third-order valence-electron chi connectivity index (χ3n) is 12.4. The molecule has 6 heteroatoms. The van der Waals surface area contributed by atoms with Gasteiger partial charge in [0, 0.05) is 19.3 Å². The summed E-state index contributed by atoms with van der Waals surface area (Å²) < 4.78 is 16.8. The summed E-state index contributed by atoms with van der Waals surface area (Å²) in [6.07, 6.45) is 95.1. The Balaban J connectivity index is 4.45. The number of ether oxygens (including phenoxy) is 3. The molecule has 0 spiro atoms. The molecule has 0 radical (unpaired) electrons. The molecule has 1 atom stereocenters. The highest BCUT2D eigenvalue weighted by atomic mass is 16.6. The van der Waals surface area contributed by atoms with Gasteiger partial charge in [-0.05, 0) is 141 Å². The highest BCUT2D eigenvalue weighted by Gasteiger charge is 2.19. The van der Waals surface area contributed by atoms with Crippen LogP contribution in [0.15, 0.2) is 170 Å². The van der Waals surface area contributed by atoms with E-state index in [4.69, 9.17) is 14.2 Å². The summed E-state index contributed by atoms with van der Waals surface area (Å²) in [5.41, 5.74) is 0. The maximum Gasteiger partial charge on any atom is 0.306 e. The van der Waals surface area contributed by atoms with Crippen molar-refractivity contribution in [2.24, 2.45) is 0 Å². The average Bonchev–Trinajstić information content (AvgIpc) is 3.44. The van der Waals surface area contributed by atoms with Gasteiger partial charge in [0.15, 0.2) is 6.10 Å². The number of allylic oxidation sites excluding steroid dienone is 28. The molecule has 0 aromatic heterocycles. The van der Waals surface area contributed by atoms with Gasteiger partial charge in [-0.3, -0.25) is 14.4 Å². The zero-order valence-corrected chi connectivity index (χ0v) is 49.9. The third kappa shape index (κ3) is 61.6. The van der Waals surface area contributed by atoms with Crippen molar-refractivity contribution in [2.45, 2.75) is 252 Å². The summed E-state index contributed by atoms with van der Waals surface area (Å²) in [5, 5.41) is 0. The fraction of sp³-hybridized carbons (Fsp3) is 0.569. The first kappa shape index (κ1) is 72.8. The minimum absolute atomic E-state index is 0.123. The van der Waals surface area contributed by atoms with Crippen molar-refractivity contribution in [2.75, 3.05) is 13.2 Å². The highest BCUT2D eigenvalue weighted by molar-refractivity contribution is 5.71. The summed E-state index contributed by atoms with van der Waals surface area (Å²) in [5.74, 6) is -1.04. The van der Waals surface area contributed by atoms with Crippen LogP contribution in [0, 0.1) is 0 Å². The van der Waals surface area contributed by atoms with E-state index >= 15 is 0 Å². The number of unbranched alkanes of at least 4 members (excludes halogenated alkanes) is 15. The molecule has 0 heterocycles. The van der Waals surface area contributed by atoms with E-state index in [1.807, 2.05) is 12.2 Å². The normalized spacial score (nSPS) is 13.3. The molecule has 0 amide bonds. The fourth-order valence-corrected chi connectivity index (χ4v) is 7.85. The predicted octanol–water partition coefficient (Wildman–Crippen LogP) is 21.5. The molecule has 1 unspecified atom stereocenters. The highest BCUT2D eigenvalue weighted by Crippen LogP contribution is 2.13. The van der Waals surface area contributed by atoms with Gasteiger partial charge in [0.1, 0.15) is 13.2 Å². The Bertz CT molecular complexity index is 1810. The fourth-order valence-electron chi connectivity index (χ4n) is 7.85. The second-order valence-corrected chi connectivity index (χ2v) is 19.8. The first-order chi connectivity index (χ1) is 38.5. The largest absolute Gasteiger partial charge is 0.462 e. The molecule has 6 nitrogen and oxygen atoms in total. The number of carbonyl (C=O) groups excluding carboxylic acids is 3. The van der Waals surface area contributed by atoms with Crippen LogP contribution in [0.4, 0.5) is 0 Å². The van der Waals surface area contributed by atoms with Gasteiger partial charge in [-0.2, -0.15) is 0 Å². The van der Waals surface area contributed by atoms with Gasteiger partial charge in [0.2, 0.25) is 0 Å². The maximum atomic E-state index is 12.8. The van der Waals surface area contributed by atoms with Crippen molar-refractivity contribution in [1.82, 2.24) is 0 Å². The molecule has 0 aliphatic carbocycles. The van der Waals surface area contributed by atoms with E-state index in [0.717, 1.165) is 148 Å². The van der Waals surface area contributed by atoms with E-state index in [1.165, 1.54) is 51.4 Å². The van der Waals surface area contributed by atoms with Crippen molar-refractivity contribution < 1.29 is 28.6 Å². The zero-order valence-electron chi connectivity index (χ0n) is 49.9. The summed E-state index contributed by atoms with van der Waals surface area (Å²) in [6, 6.07) is 0. The van der Waals surface area contributed by atoms with Crippen LogP contribution < -0.4 is 0 Å². The molecule has 0 saturated heterocycles. The number of esters is 3. The van der Waals surface area contributed by atoms with E-state index < -0.39 is 12.1 Å². The van der Waals surface area contributed by atoms with Gasteiger partial charge >= 0.3 is 17.9 Å². The van der Waals surface area contributed by atoms with Crippen molar-refractivity contribution >= 4 is 17.9 Å². The quantitative estimate of drug-likeness (QED) is 0.0261. The molecular formula is C72H112O6. The van der Waals surface area contributed by atoms with Gasteiger partial charge in [-0.25, -0.2) is 0 Å². The summed E-state index contributed by atoms with van der Waals surface area (Å²) >= 11 is 0. The number of carbonyl (C=O) groups is 3. The van der Waals surface area contributed by atoms with E-state index in [9.17, 15) is 14.4 Å². The van der Waals surface area contributed by atoms with Crippen LogP contribution in [0.1, 0.15) is 245 Å². The summed E-state index contributed by atoms with van der Waals surface area (Å²) in [7, 11) is 0. The molecule has 0 rings (SSSR count). The average molecular weight is 1070 g/mol. The Morgan fingerprint density at radius 1 is 0.269 bits per heavy atom. The lowest BCUT2D eigenvalue weighted by molar-refractivity contribution is -0.166. The number of rotatable bonds is 54. The van der Waals surface area contributed by atoms with Crippen LogP contribution >= 0.6 is 0 Å². The predicted molar refractivity (Wildman–Crippen MR) is 338 cm³/mol. The molecule has 0 N–H and O–H groups in total. The van der Waals surface area contributed by atoms with Gasteiger partial charge in [0.25, 0.3) is 0 Å². The van der Waals surface area contributed by atoms with E-state index in [-0.39, 0.29) is 31.6 Å². The summed E-state index contributed by atoms with van der Waals surface area (Å²) in [4.78, 5) is 38.2. The molecule has 0 aromatic carbocycles. The SMILES string of the molecule is CC/C=C\C/C=C\C/C=C\C/C=C\C/C=C\C/C=C\C/C=C\CCCCCCCCCC(=O)OCC(COC(=O)CCCCCCC/C=C\CCCCC)OC(=O)CC/C=C\C/C=C\C/C=C\C/C=C\C/C=C\C/C=C\CC. The van der Waals surface area contributed by atoms with Gasteiger partial charge < -0.3 is 14.2 Å². The van der Waals surface area contributed by atoms with Crippen molar-refractivity contribution in [3.8, 4) is 0 Å². The Hall–Kier alpha value is -5.23. The second-order valence-electron chi connectivity index (χ2n) is 19.8. The zero-order chi connectivity index (χ0) is 56.4. The van der Waals surface area contributed by atoms with E-state index in [0.29, 0.717) is 19.3 Å².